The van der Waals surface area contributed by atoms with E-state index < -0.39 is 0 Å². The Kier molecular flexibility index (Phi) is 4.04. The lowest BCUT2D eigenvalue weighted by atomic mass is 10.3. The van der Waals surface area contributed by atoms with E-state index in [1.165, 1.54) is 29.1 Å². The van der Waals surface area contributed by atoms with E-state index in [0.717, 1.165) is 4.78 Å². The number of hydrogen-bond acceptors (Lipinski definition) is 0. The lowest BCUT2D eigenvalue weighted by Crippen LogP contribution is -1.83. The summed E-state index contributed by atoms with van der Waals surface area (Å²) in [7, 11) is 0. The van der Waals surface area contributed by atoms with Crippen LogP contribution in [0.3, 0.4) is 0 Å². The highest BCUT2D eigenvalue weighted by Gasteiger charge is 1.89. The zero-order valence-electron chi connectivity index (χ0n) is 4.99. The molecule has 0 saturated carbocycles. The van der Waals surface area contributed by atoms with Crippen molar-refractivity contribution in [2.45, 2.75) is 31.5 Å². The van der Waals surface area contributed by atoms with Gasteiger partial charge in [0.2, 0.25) is 16.3 Å². The Labute approximate surface area is 48.4 Å². The molecule has 0 amide bonds. The van der Waals surface area contributed by atoms with E-state index in [0.29, 0.717) is 0 Å². The van der Waals surface area contributed by atoms with Gasteiger partial charge in [-0.2, -0.15) is 0 Å². The maximum absolute atomic E-state index is 2.27. The van der Waals surface area contributed by atoms with Crippen LogP contribution >= 0.6 is 0 Å². The van der Waals surface area contributed by atoms with Crippen molar-refractivity contribution >= 4 is 16.3 Å². The number of rotatable bonds is 2. The molecule has 0 bridgehead atoms. The van der Waals surface area contributed by atoms with E-state index in [-0.39, 0.29) is 0 Å². The van der Waals surface area contributed by atoms with Gasteiger partial charge in [0.25, 0.3) is 0 Å². The molecule has 0 heterocycles. The Hall–Kier alpha value is 0.532. The van der Waals surface area contributed by atoms with Crippen LogP contribution in [0.1, 0.15) is 26.7 Å². The maximum atomic E-state index is 2.27. The maximum Gasteiger partial charge on any atom is 0.216 e. The SMILES string of the molecule is CC[CH]([AlH2])CC. The van der Waals surface area contributed by atoms with Crippen molar-refractivity contribution in [1.82, 2.24) is 0 Å². The molecule has 0 N–H and O–H groups in total. The molecule has 0 saturated heterocycles. The van der Waals surface area contributed by atoms with Crippen LogP contribution in [0.4, 0.5) is 0 Å². The quantitative estimate of drug-likeness (QED) is 0.458. The van der Waals surface area contributed by atoms with Crippen LogP contribution in [0.25, 0.3) is 0 Å². The van der Waals surface area contributed by atoms with Gasteiger partial charge in [-0.3, -0.25) is 0 Å². The smallest absolute Gasteiger partial charge is 0.0907 e. The summed E-state index contributed by atoms with van der Waals surface area (Å²) in [4.78, 5) is 0. The summed E-state index contributed by atoms with van der Waals surface area (Å²) >= 11 is 1.39. The zero-order valence-corrected chi connectivity index (χ0v) is 6.99. The summed E-state index contributed by atoms with van der Waals surface area (Å²) in [5.74, 6) is 0. The molecular formula is C5H13Al. The van der Waals surface area contributed by atoms with E-state index in [1.807, 2.05) is 0 Å². The van der Waals surface area contributed by atoms with Crippen LogP contribution in [0, 0.1) is 0 Å². The lowest BCUT2D eigenvalue weighted by Gasteiger charge is -1.98. The molecule has 0 fully saturated rings. The van der Waals surface area contributed by atoms with Crippen LogP contribution in [-0.4, -0.2) is 16.3 Å². The van der Waals surface area contributed by atoms with E-state index in [1.54, 1.807) is 0 Å². The summed E-state index contributed by atoms with van der Waals surface area (Å²) in [6.45, 7) is 4.53. The average molecular weight is 100 g/mol. The van der Waals surface area contributed by atoms with Gasteiger partial charge in [-0.15, -0.1) is 0 Å². The first-order valence-corrected chi connectivity index (χ1v) is 3.96. The zero-order chi connectivity index (χ0) is 4.99. The molecule has 0 spiro atoms. The molecule has 0 aromatic heterocycles. The van der Waals surface area contributed by atoms with Crippen LogP contribution in [0.5, 0.6) is 0 Å². The topological polar surface area (TPSA) is 0 Å². The second-order valence-electron chi connectivity index (χ2n) is 1.92. The molecule has 0 aliphatic rings. The molecule has 0 unspecified atom stereocenters. The van der Waals surface area contributed by atoms with Crippen LogP contribution < -0.4 is 0 Å². The Morgan fingerprint density at radius 3 is 1.67 bits per heavy atom. The van der Waals surface area contributed by atoms with Crippen molar-refractivity contribution in [3.8, 4) is 0 Å². The number of hydrogen-bond donors (Lipinski definition) is 0. The Bertz CT molecular complexity index is 23.1. The molecule has 0 aromatic carbocycles. The van der Waals surface area contributed by atoms with Crippen molar-refractivity contribution < 1.29 is 0 Å². The second kappa shape index (κ2) is 3.71. The van der Waals surface area contributed by atoms with Gasteiger partial charge in [-0.1, -0.05) is 31.5 Å². The average Bonchev–Trinajstić information content (AvgIpc) is 1.65. The van der Waals surface area contributed by atoms with Crippen molar-refractivity contribution in [2.75, 3.05) is 0 Å². The minimum Gasteiger partial charge on any atom is -0.0907 e. The third-order valence-electron chi connectivity index (χ3n) is 1.39. The van der Waals surface area contributed by atoms with Gasteiger partial charge in [0.15, 0.2) is 0 Å². The Morgan fingerprint density at radius 2 is 1.67 bits per heavy atom. The fourth-order valence-corrected chi connectivity index (χ4v) is 0.289. The largest absolute Gasteiger partial charge is 0.216 e. The third-order valence-corrected chi connectivity index (χ3v) is 3.03. The van der Waals surface area contributed by atoms with Gasteiger partial charge in [0.1, 0.15) is 0 Å². The highest BCUT2D eigenvalue weighted by molar-refractivity contribution is 6.11. The normalized spacial score (nSPS) is 9.83. The summed E-state index contributed by atoms with van der Waals surface area (Å²) in [6.07, 6.45) is 2.78. The molecule has 0 aliphatic heterocycles. The van der Waals surface area contributed by atoms with Gasteiger partial charge < -0.3 is 0 Å². The predicted molar refractivity (Wildman–Crippen MR) is 32.9 cm³/mol. The first-order valence-electron chi connectivity index (χ1n) is 2.81. The van der Waals surface area contributed by atoms with Crippen molar-refractivity contribution in [3.05, 3.63) is 0 Å². The lowest BCUT2D eigenvalue weighted by molar-refractivity contribution is 0.768. The first kappa shape index (κ1) is 6.53. The molecule has 0 radical (unpaired) electrons. The monoisotopic (exact) mass is 100 g/mol. The van der Waals surface area contributed by atoms with E-state index >= 15 is 0 Å². The Balaban J connectivity index is 2.75. The summed E-state index contributed by atoms with van der Waals surface area (Å²) < 4.78 is 1.07. The summed E-state index contributed by atoms with van der Waals surface area (Å²) in [5.41, 5.74) is 0. The summed E-state index contributed by atoms with van der Waals surface area (Å²) in [6, 6.07) is 0. The van der Waals surface area contributed by atoms with E-state index in [4.69, 9.17) is 0 Å². The molecular weight excluding hydrogens is 87.0 g/mol. The van der Waals surface area contributed by atoms with Crippen LogP contribution in [0.15, 0.2) is 0 Å². The predicted octanol–water partition coefficient (Wildman–Crippen LogP) is 1.23. The highest BCUT2D eigenvalue weighted by Crippen LogP contribution is 2.06. The standard InChI is InChI=1S/C5H11.Al.2H/c1-3-5-4-2;;;/h5H,3-4H2,1-2H3;;;. The van der Waals surface area contributed by atoms with Crippen LogP contribution in [0.2, 0.25) is 4.78 Å². The molecule has 6 heavy (non-hydrogen) atoms. The molecule has 1 heteroatoms. The molecule has 0 nitrogen and oxygen atoms in total. The van der Waals surface area contributed by atoms with Crippen LogP contribution in [-0.2, 0) is 0 Å². The van der Waals surface area contributed by atoms with E-state index in [9.17, 15) is 0 Å². The minimum absolute atomic E-state index is 1.07. The molecule has 0 aromatic rings. The molecule has 0 atom stereocenters. The fourth-order valence-electron chi connectivity index (χ4n) is 0.289. The molecule has 36 valence electrons. The highest BCUT2D eigenvalue weighted by atomic mass is 27.0. The molecule has 0 aliphatic carbocycles. The van der Waals surface area contributed by atoms with Crippen molar-refractivity contribution in [1.29, 1.82) is 0 Å². The minimum atomic E-state index is 1.07. The van der Waals surface area contributed by atoms with Gasteiger partial charge in [0.05, 0.1) is 0 Å². The summed E-state index contributed by atoms with van der Waals surface area (Å²) in [5, 5.41) is 0. The third kappa shape index (κ3) is 2.75. The van der Waals surface area contributed by atoms with Gasteiger partial charge in [0, 0.05) is 0 Å². The first-order chi connectivity index (χ1) is 2.81. The van der Waals surface area contributed by atoms with Gasteiger partial charge in [-0.25, -0.2) is 0 Å². The van der Waals surface area contributed by atoms with Crippen molar-refractivity contribution in [3.63, 3.8) is 0 Å². The van der Waals surface area contributed by atoms with E-state index in [2.05, 4.69) is 13.8 Å². The van der Waals surface area contributed by atoms with Gasteiger partial charge in [-0.05, 0) is 0 Å². The van der Waals surface area contributed by atoms with Crippen molar-refractivity contribution in [2.24, 2.45) is 0 Å². The Morgan fingerprint density at radius 1 is 1.33 bits per heavy atom. The van der Waals surface area contributed by atoms with Gasteiger partial charge >= 0.3 is 0 Å². The molecule has 0 rings (SSSR count). The second-order valence-corrected chi connectivity index (χ2v) is 3.55. The fraction of sp³-hybridized carbons (Fsp3) is 1.00.